The summed E-state index contributed by atoms with van der Waals surface area (Å²) in [5.74, 6) is 0. The topological polar surface area (TPSA) is 0 Å². The van der Waals surface area contributed by atoms with Gasteiger partial charge < -0.3 is 21.5 Å². The van der Waals surface area contributed by atoms with E-state index in [9.17, 15) is 0 Å². The van der Waals surface area contributed by atoms with Gasteiger partial charge in [-0.15, -0.1) is 29.7 Å². The van der Waals surface area contributed by atoms with E-state index in [1.54, 1.807) is 0 Å². The molecule has 0 atom stereocenters. The van der Waals surface area contributed by atoms with Gasteiger partial charge >= 0.3 is 0 Å². The van der Waals surface area contributed by atoms with Crippen molar-refractivity contribution >= 4 is 10.8 Å². The number of fused-ring (bicyclic) bond motifs is 1. The predicted octanol–water partition coefficient (Wildman–Crippen LogP) is -5.98. The third-order valence-electron chi connectivity index (χ3n) is 1.55. The molecule has 0 aliphatic carbocycles. The van der Waals surface area contributed by atoms with Crippen LogP contribution in [0.2, 0.25) is 0 Å². The van der Waals surface area contributed by atoms with E-state index in [2.05, 4.69) is 42.5 Å². The van der Waals surface area contributed by atoms with Crippen LogP contribution < -0.4 is 14.1 Å². The Morgan fingerprint density at radius 2 is 1.43 bits per heavy atom. The maximum Gasteiger partial charge on any atom is 0 e. The Morgan fingerprint density at radius 1 is 0.857 bits per heavy atom. The van der Waals surface area contributed by atoms with Crippen LogP contribution in [0.3, 0.4) is 0 Å². The quantitative estimate of drug-likeness (QED) is 0.322. The fraction of sp³-hybridized carbons (Fsp3) is 0. The minimum atomic E-state index is 0. The van der Waals surface area contributed by atoms with Gasteiger partial charge in [0.05, 0.1) is 0 Å². The van der Waals surface area contributed by atoms with Gasteiger partial charge in [0.25, 0.3) is 0 Å². The first-order valence-electron chi connectivity index (χ1n) is 3.07. The fourth-order valence-corrected chi connectivity index (χ4v) is 1.07. The van der Waals surface area contributed by atoms with Gasteiger partial charge in [-0.1, -0.05) is 6.07 Å². The summed E-state index contributed by atoms with van der Waals surface area (Å²) in [6.45, 7) is 0. The predicted molar refractivity (Wildman–Crippen MR) is 46.0 cm³/mol. The third-order valence-corrected chi connectivity index (χ3v) is 1.55. The van der Waals surface area contributed by atoms with Crippen molar-refractivity contribution in [3.05, 3.63) is 49.9 Å². The van der Waals surface area contributed by atoms with Crippen LogP contribution in [0, 0.1) is 7.43 Å². The van der Waals surface area contributed by atoms with Crippen molar-refractivity contribution in [2.24, 2.45) is 0 Å². The molecule has 0 heterocycles. The first-order chi connectivity index (χ1) is 4.47. The van der Waals surface area contributed by atoms with Gasteiger partial charge in [0.15, 0.2) is 0 Å². The Kier molecular flexibility index (Phi) is 17.6. The summed E-state index contributed by atoms with van der Waals surface area (Å²) < 4.78 is 0. The second-order valence-corrected chi connectivity index (χ2v) is 2.15. The summed E-state index contributed by atoms with van der Waals surface area (Å²) in [6.07, 6.45) is 0. The molecule has 0 nitrogen and oxygen atoms in total. The molecule has 0 radical (unpaired) electrons. The molecule has 0 bridgehead atoms. The third kappa shape index (κ3) is 4.65. The van der Waals surface area contributed by atoms with E-state index in [-0.39, 0.29) is 47.4 Å². The molecule has 0 aromatic heterocycles. The van der Waals surface area contributed by atoms with Crippen molar-refractivity contribution in [1.82, 2.24) is 0 Å². The normalized spacial score (nSPS) is 6.57. The largest absolute Gasteiger partial charge is 1.00 e. The maximum atomic E-state index is 2.12. The summed E-state index contributed by atoms with van der Waals surface area (Å²) in [4.78, 5) is 0. The second-order valence-electron chi connectivity index (χ2n) is 2.15. The molecule has 2 rings (SSSR count). The summed E-state index contributed by atoms with van der Waals surface area (Å²) in [5, 5.41) is 2.66. The molecule has 0 aliphatic rings. The van der Waals surface area contributed by atoms with Gasteiger partial charge in [-0.3, -0.25) is 0 Å². The molecule has 0 N–H and O–H groups in total. The number of benzene rings is 1. The van der Waals surface area contributed by atoms with Crippen molar-refractivity contribution in [3.63, 3.8) is 0 Å². The van der Waals surface area contributed by atoms with Crippen molar-refractivity contribution in [3.8, 4) is 0 Å². The molecule has 2 aromatic carbocycles. The molecular weight excluding hydrogens is 356 g/mol. The Balaban J connectivity index is -0.0000001000. The molecule has 0 fully saturated rings. The SMILES string of the molecule is [CH3-].[F-].[F-].[F-].[Hf].c1ccc2[cH-]ccc2c1. The molecule has 0 unspecified atom stereocenters. The minimum absolute atomic E-state index is 0. The van der Waals surface area contributed by atoms with Gasteiger partial charge in [-0.2, -0.15) is 17.5 Å². The molecular formula is C10H10F3Hf-5. The Hall–Kier alpha value is -0.510. The molecule has 0 saturated heterocycles. The average Bonchev–Trinajstić information content (AvgIpc) is 2.33. The first-order valence-corrected chi connectivity index (χ1v) is 3.07. The standard InChI is InChI=1S/C9H7.CH3.3FH.Hf/c1-2-5-9-7-3-6-8(9)4-1;;;;;/h1-7H;1H3;3*1H;/q2*-1;;;;/p-3. The van der Waals surface area contributed by atoms with Gasteiger partial charge in [0.2, 0.25) is 0 Å². The van der Waals surface area contributed by atoms with Crippen LogP contribution in [0.1, 0.15) is 0 Å². The second kappa shape index (κ2) is 10.6. The minimum Gasteiger partial charge on any atom is -1.00 e. The smallest absolute Gasteiger partial charge is 0 e. The zero-order valence-electron chi connectivity index (χ0n) is 7.68. The molecule has 0 amide bonds. The molecule has 80 valence electrons. The first kappa shape index (κ1) is 23.4. The number of halogens is 3. The Labute approximate surface area is 101 Å². The van der Waals surface area contributed by atoms with E-state index in [4.69, 9.17) is 0 Å². The Bertz CT molecular complexity index is 289. The van der Waals surface area contributed by atoms with Gasteiger partial charge in [-0.25, -0.2) is 0 Å². The Morgan fingerprint density at radius 3 is 2.00 bits per heavy atom. The summed E-state index contributed by atoms with van der Waals surface area (Å²) in [7, 11) is 0. The van der Waals surface area contributed by atoms with E-state index in [0.29, 0.717) is 0 Å². The molecule has 0 spiro atoms. The fourth-order valence-electron chi connectivity index (χ4n) is 1.07. The van der Waals surface area contributed by atoms with E-state index in [1.165, 1.54) is 10.8 Å². The van der Waals surface area contributed by atoms with Crippen molar-refractivity contribution in [2.45, 2.75) is 0 Å². The number of rotatable bonds is 0. The molecule has 0 aliphatic heterocycles. The van der Waals surface area contributed by atoms with Crippen molar-refractivity contribution in [2.75, 3.05) is 0 Å². The maximum absolute atomic E-state index is 2.12. The van der Waals surface area contributed by atoms with E-state index in [1.807, 2.05) is 0 Å². The molecule has 4 heteroatoms. The van der Waals surface area contributed by atoms with E-state index in [0.717, 1.165) is 0 Å². The zero-order valence-corrected chi connectivity index (χ0v) is 11.3. The van der Waals surface area contributed by atoms with Crippen LogP contribution in [-0.2, 0) is 25.8 Å². The molecule has 14 heavy (non-hydrogen) atoms. The number of hydrogen-bond acceptors (Lipinski definition) is 0. The molecule has 0 saturated carbocycles. The van der Waals surface area contributed by atoms with Crippen molar-refractivity contribution in [1.29, 1.82) is 0 Å². The van der Waals surface area contributed by atoms with Crippen molar-refractivity contribution < 1.29 is 40.0 Å². The summed E-state index contributed by atoms with van der Waals surface area (Å²) >= 11 is 0. The van der Waals surface area contributed by atoms with E-state index >= 15 is 0 Å². The van der Waals surface area contributed by atoms with Crippen LogP contribution in [-0.4, -0.2) is 0 Å². The van der Waals surface area contributed by atoms with Gasteiger partial charge in [0, 0.05) is 25.8 Å². The number of hydrogen-bond donors (Lipinski definition) is 0. The van der Waals surface area contributed by atoms with Crippen LogP contribution in [0.25, 0.3) is 10.8 Å². The van der Waals surface area contributed by atoms with Gasteiger partial charge in [0.1, 0.15) is 0 Å². The molecule has 2 aromatic rings. The van der Waals surface area contributed by atoms with Crippen LogP contribution >= 0.6 is 0 Å². The monoisotopic (exact) mass is 367 g/mol. The van der Waals surface area contributed by atoms with E-state index < -0.39 is 0 Å². The summed E-state index contributed by atoms with van der Waals surface area (Å²) in [6, 6.07) is 14.7. The van der Waals surface area contributed by atoms with Gasteiger partial charge in [-0.05, 0) is 0 Å². The zero-order chi connectivity index (χ0) is 6.10. The average molecular weight is 366 g/mol. The van der Waals surface area contributed by atoms with Crippen LogP contribution in [0.5, 0.6) is 0 Å². The van der Waals surface area contributed by atoms with Crippen LogP contribution in [0.4, 0.5) is 0 Å². The summed E-state index contributed by atoms with van der Waals surface area (Å²) in [5.41, 5.74) is 0. The van der Waals surface area contributed by atoms with Crippen LogP contribution in [0.15, 0.2) is 42.5 Å².